The van der Waals surface area contributed by atoms with E-state index in [9.17, 15) is 4.79 Å². The third-order valence-electron chi connectivity index (χ3n) is 1.78. The van der Waals surface area contributed by atoms with Crippen molar-refractivity contribution in [2.75, 3.05) is 5.32 Å². The maximum absolute atomic E-state index is 11.3. The van der Waals surface area contributed by atoms with E-state index in [1.807, 2.05) is 19.1 Å². The summed E-state index contributed by atoms with van der Waals surface area (Å²) in [5, 5.41) is 6.44. The zero-order valence-corrected chi connectivity index (χ0v) is 10.6. The van der Waals surface area contributed by atoms with Gasteiger partial charge in [0.05, 0.1) is 0 Å². The molecular formula is C11H14BrN3O. The molecule has 0 aliphatic carbocycles. The molecule has 86 valence electrons. The van der Waals surface area contributed by atoms with E-state index in [-0.39, 0.29) is 6.03 Å². The van der Waals surface area contributed by atoms with Crippen molar-refractivity contribution in [3.63, 3.8) is 0 Å². The van der Waals surface area contributed by atoms with Crippen LogP contribution in [0.25, 0.3) is 0 Å². The smallest absolute Gasteiger partial charge is 0.307 e. The first-order valence-electron chi connectivity index (χ1n) is 5.06. The Morgan fingerprint density at radius 1 is 1.44 bits per heavy atom. The predicted octanol–water partition coefficient (Wildman–Crippen LogP) is 3.36. The van der Waals surface area contributed by atoms with Gasteiger partial charge in [0.25, 0.3) is 0 Å². The summed E-state index contributed by atoms with van der Waals surface area (Å²) in [5.74, 6) is 0. The van der Waals surface area contributed by atoms with E-state index in [1.165, 1.54) is 0 Å². The van der Waals surface area contributed by atoms with E-state index in [0.29, 0.717) is 0 Å². The summed E-state index contributed by atoms with van der Waals surface area (Å²) in [6, 6.07) is 6.99. The number of nitrogens with one attached hydrogen (secondary N) is 2. The highest BCUT2D eigenvalue weighted by atomic mass is 79.9. The van der Waals surface area contributed by atoms with E-state index in [0.717, 1.165) is 23.0 Å². The maximum atomic E-state index is 11.3. The minimum atomic E-state index is -0.338. The van der Waals surface area contributed by atoms with Gasteiger partial charge in [-0.1, -0.05) is 29.3 Å². The normalized spacial score (nSPS) is 10.4. The van der Waals surface area contributed by atoms with Gasteiger partial charge in [0.2, 0.25) is 0 Å². The Labute approximate surface area is 103 Å². The number of hydrazone groups is 1. The van der Waals surface area contributed by atoms with E-state index < -0.39 is 0 Å². The van der Waals surface area contributed by atoms with Crippen molar-refractivity contribution in [2.45, 2.75) is 19.8 Å². The lowest BCUT2D eigenvalue weighted by molar-refractivity contribution is 0.252. The minimum absolute atomic E-state index is 0.338. The van der Waals surface area contributed by atoms with E-state index in [2.05, 4.69) is 31.8 Å². The Bertz CT molecular complexity index is 362. The maximum Gasteiger partial charge on any atom is 0.339 e. The number of halogens is 1. The zero-order valence-electron chi connectivity index (χ0n) is 9.03. The average molecular weight is 284 g/mol. The van der Waals surface area contributed by atoms with E-state index >= 15 is 0 Å². The van der Waals surface area contributed by atoms with Crippen molar-refractivity contribution >= 4 is 33.9 Å². The Morgan fingerprint density at radius 3 is 2.75 bits per heavy atom. The summed E-state index contributed by atoms with van der Waals surface area (Å²) < 4.78 is 0.972. The molecule has 2 amide bonds. The van der Waals surface area contributed by atoms with Crippen LogP contribution in [0.1, 0.15) is 19.8 Å². The highest BCUT2D eigenvalue weighted by molar-refractivity contribution is 9.10. The van der Waals surface area contributed by atoms with Gasteiger partial charge in [-0.2, -0.15) is 5.10 Å². The first-order chi connectivity index (χ1) is 7.72. The molecule has 0 radical (unpaired) electrons. The van der Waals surface area contributed by atoms with Crippen LogP contribution in [0, 0.1) is 0 Å². The van der Waals surface area contributed by atoms with Crippen LogP contribution >= 0.6 is 15.9 Å². The molecule has 0 atom stereocenters. The van der Waals surface area contributed by atoms with Gasteiger partial charge in [-0.25, -0.2) is 10.2 Å². The number of nitrogens with zero attached hydrogens (tertiary/aromatic N) is 1. The van der Waals surface area contributed by atoms with Crippen LogP contribution < -0.4 is 10.7 Å². The molecule has 16 heavy (non-hydrogen) atoms. The highest BCUT2D eigenvalue weighted by Gasteiger charge is 1.98. The summed E-state index contributed by atoms with van der Waals surface area (Å²) in [6.45, 7) is 2.05. The zero-order chi connectivity index (χ0) is 11.8. The molecule has 1 rings (SSSR count). The molecule has 0 heterocycles. The number of hydrogen-bond donors (Lipinski definition) is 2. The van der Waals surface area contributed by atoms with Crippen LogP contribution in [0.15, 0.2) is 33.8 Å². The van der Waals surface area contributed by atoms with Gasteiger partial charge in [-0.15, -0.1) is 0 Å². The topological polar surface area (TPSA) is 53.5 Å². The molecule has 0 aromatic heterocycles. The molecule has 4 nitrogen and oxygen atoms in total. The fourth-order valence-electron chi connectivity index (χ4n) is 0.990. The largest absolute Gasteiger partial charge is 0.339 e. The van der Waals surface area contributed by atoms with Gasteiger partial charge < -0.3 is 5.32 Å². The first-order valence-corrected chi connectivity index (χ1v) is 5.85. The fraction of sp³-hybridized carbons (Fsp3) is 0.273. The molecule has 1 aromatic rings. The summed E-state index contributed by atoms with van der Waals surface area (Å²) in [6.07, 6.45) is 3.55. The second-order valence-electron chi connectivity index (χ2n) is 3.17. The molecule has 0 aliphatic heterocycles. The Balaban J connectivity index is 2.37. The lowest BCUT2D eigenvalue weighted by atomic mass is 10.3. The van der Waals surface area contributed by atoms with Crippen molar-refractivity contribution in [2.24, 2.45) is 5.10 Å². The van der Waals surface area contributed by atoms with Crippen LogP contribution in [-0.4, -0.2) is 12.2 Å². The van der Waals surface area contributed by atoms with Crippen molar-refractivity contribution in [1.82, 2.24) is 5.43 Å². The van der Waals surface area contributed by atoms with Crippen LogP contribution in [0.5, 0.6) is 0 Å². The molecular weight excluding hydrogens is 270 g/mol. The number of anilines is 1. The third-order valence-corrected chi connectivity index (χ3v) is 2.31. The lowest BCUT2D eigenvalue weighted by Crippen LogP contribution is -2.24. The Morgan fingerprint density at radius 2 is 2.12 bits per heavy atom. The van der Waals surface area contributed by atoms with Crippen molar-refractivity contribution in [3.05, 3.63) is 28.7 Å². The van der Waals surface area contributed by atoms with Crippen molar-refractivity contribution < 1.29 is 4.79 Å². The van der Waals surface area contributed by atoms with E-state index in [4.69, 9.17) is 0 Å². The molecule has 2 N–H and O–H groups in total. The molecule has 0 aliphatic rings. The number of carbonyl (C=O) groups is 1. The SMILES string of the molecule is CCC/C=N/NC(=O)Nc1ccc(Br)cc1. The highest BCUT2D eigenvalue weighted by Crippen LogP contribution is 2.13. The monoisotopic (exact) mass is 283 g/mol. The van der Waals surface area contributed by atoms with Crippen LogP contribution in [0.2, 0.25) is 0 Å². The molecule has 0 spiro atoms. The van der Waals surface area contributed by atoms with Gasteiger partial charge in [0.1, 0.15) is 0 Å². The van der Waals surface area contributed by atoms with Gasteiger partial charge in [-0.05, 0) is 30.7 Å². The van der Waals surface area contributed by atoms with E-state index in [1.54, 1.807) is 18.3 Å². The minimum Gasteiger partial charge on any atom is -0.307 e. The molecule has 0 unspecified atom stereocenters. The molecule has 0 saturated carbocycles. The number of hydrogen-bond acceptors (Lipinski definition) is 2. The van der Waals surface area contributed by atoms with Gasteiger partial charge >= 0.3 is 6.03 Å². The predicted molar refractivity (Wildman–Crippen MR) is 69.7 cm³/mol. The average Bonchev–Trinajstić information content (AvgIpc) is 2.28. The third kappa shape index (κ3) is 4.93. The van der Waals surface area contributed by atoms with Crippen LogP contribution in [0.3, 0.4) is 0 Å². The molecule has 5 heteroatoms. The van der Waals surface area contributed by atoms with Crippen molar-refractivity contribution in [3.8, 4) is 0 Å². The van der Waals surface area contributed by atoms with Gasteiger partial charge in [0, 0.05) is 16.4 Å². The van der Waals surface area contributed by atoms with Crippen molar-refractivity contribution in [1.29, 1.82) is 0 Å². The number of benzene rings is 1. The standard InChI is InChI=1S/C11H14BrN3O/c1-2-3-8-13-15-11(16)14-10-6-4-9(12)5-7-10/h4-8H,2-3H2,1H3,(H2,14,15,16)/b13-8+. The number of rotatable bonds is 4. The Hall–Kier alpha value is -1.36. The second-order valence-corrected chi connectivity index (χ2v) is 4.09. The molecule has 1 aromatic carbocycles. The number of carbonyl (C=O) groups excluding carboxylic acids is 1. The molecule has 0 saturated heterocycles. The molecule has 0 fully saturated rings. The number of unbranched alkanes of at least 4 members (excludes halogenated alkanes) is 1. The van der Waals surface area contributed by atoms with Gasteiger partial charge in [-0.3, -0.25) is 0 Å². The van der Waals surface area contributed by atoms with Gasteiger partial charge in [0.15, 0.2) is 0 Å². The summed E-state index contributed by atoms with van der Waals surface area (Å²) >= 11 is 3.32. The number of amides is 2. The second kappa shape index (κ2) is 7.00. The fourth-order valence-corrected chi connectivity index (χ4v) is 1.25. The summed E-state index contributed by atoms with van der Waals surface area (Å²) in [4.78, 5) is 11.3. The Kier molecular flexibility index (Phi) is 5.56. The number of urea groups is 1. The first kappa shape index (κ1) is 12.7. The summed E-state index contributed by atoms with van der Waals surface area (Å²) in [5.41, 5.74) is 3.12. The van der Waals surface area contributed by atoms with Crippen LogP contribution in [0.4, 0.5) is 10.5 Å². The lowest BCUT2D eigenvalue weighted by Gasteiger charge is -2.03. The molecule has 0 bridgehead atoms. The van der Waals surface area contributed by atoms with Crippen LogP contribution in [-0.2, 0) is 0 Å². The quantitative estimate of drug-likeness (QED) is 0.646. The summed E-state index contributed by atoms with van der Waals surface area (Å²) in [7, 11) is 0.